The van der Waals surface area contributed by atoms with Gasteiger partial charge in [0.05, 0.1) is 0 Å². The van der Waals surface area contributed by atoms with E-state index in [1.165, 1.54) is 0 Å². The summed E-state index contributed by atoms with van der Waals surface area (Å²) in [4.78, 5) is 11.7. The van der Waals surface area contributed by atoms with Crippen LogP contribution >= 0.6 is 11.6 Å². The van der Waals surface area contributed by atoms with Crippen LogP contribution in [0.15, 0.2) is 48.5 Å². The highest BCUT2D eigenvalue weighted by Crippen LogP contribution is 2.16. The molecule has 98 valence electrons. The van der Waals surface area contributed by atoms with Crippen molar-refractivity contribution in [3.05, 3.63) is 59.1 Å². The molecule has 0 atom stereocenters. The first kappa shape index (κ1) is 13.4. The Morgan fingerprint density at radius 1 is 1.05 bits per heavy atom. The molecule has 0 spiro atoms. The van der Waals surface area contributed by atoms with Crippen LogP contribution < -0.4 is 10.5 Å². The van der Waals surface area contributed by atoms with Crippen LogP contribution in [-0.2, 0) is 11.2 Å². The van der Waals surface area contributed by atoms with Gasteiger partial charge in [-0.2, -0.15) is 0 Å². The van der Waals surface area contributed by atoms with Crippen molar-refractivity contribution in [1.82, 2.24) is 0 Å². The molecule has 2 aromatic rings. The van der Waals surface area contributed by atoms with Gasteiger partial charge in [0.2, 0.25) is 0 Å². The van der Waals surface area contributed by atoms with Crippen LogP contribution in [0, 0.1) is 0 Å². The standard InChI is InChI=1S/C15H14ClNO2/c16-12-4-8-14(9-5-12)19-15(18)10-3-11-1-6-13(17)7-2-11/h1-2,4-9H,3,10,17H2. The van der Waals surface area contributed by atoms with Crippen LogP contribution in [0.1, 0.15) is 12.0 Å². The molecule has 2 aromatic carbocycles. The highest BCUT2D eigenvalue weighted by Gasteiger charge is 2.05. The molecular formula is C15H14ClNO2. The number of carbonyl (C=O) groups excluding carboxylic acids is 1. The fourth-order valence-electron chi connectivity index (χ4n) is 1.62. The van der Waals surface area contributed by atoms with Gasteiger partial charge >= 0.3 is 5.97 Å². The highest BCUT2D eigenvalue weighted by molar-refractivity contribution is 6.30. The number of carbonyl (C=O) groups is 1. The van der Waals surface area contributed by atoms with E-state index in [4.69, 9.17) is 22.1 Å². The Morgan fingerprint density at radius 2 is 1.68 bits per heavy atom. The maximum Gasteiger partial charge on any atom is 0.311 e. The van der Waals surface area contributed by atoms with Crippen LogP contribution in [0.2, 0.25) is 5.02 Å². The maximum atomic E-state index is 11.7. The number of hydrogen-bond acceptors (Lipinski definition) is 3. The van der Waals surface area contributed by atoms with Crippen molar-refractivity contribution in [2.24, 2.45) is 0 Å². The molecule has 2 N–H and O–H groups in total. The second-order valence-electron chi connectivity index (χ2n) is 4.17. The summed E-state index contributed by atoms with van der Waals surface area (Å²) in [6, 6.07) is 14.2. The lowest BCUT2D eigenvalue weighted by molar-refractivity contribution is -0.134. The Balaban J connectivity index is 1.84. The summed E-state index contributed by atoms with van der Waals surface area (Å²) in [5.41, 5.74) is 7.37. The molecule has 4 heteroatoms. The monoisotopic (exact) mass is 275 g/mol. The van der Waals surface area contributed by atoms with Gasteiger partial charge in [0, 0.05) is 17.1 Å². The zero-order chi connectivity index (χ0) is 13.7. The lowest BCUT2D eigenvalue weighted by Gasteiger charge is -2.04. The summed E-state index contributed by atoms with van der Waals surface area (Å²) >= 11 is 5.75. The van der Waals surface area contributed by atoms with Crippen LogP contribution in [0.3, 0.4) is 0 Å². The summed E-state index contributed by atoms with van der Waals surface area (Å²) in [7, 11) is 0. The number of rotatable bonds is 4. The topological polar surface area (TPSA) is 52.3 Å². The van der Waals surface area contributed by atoms with E-state index in [0.29, 0.717) is 29.3 Å². The van der Waals surface area contributed by atoms with Gasteiger partial charge in [-0.3, -0.25) is 4.79 Å². The second kappa shape index (κ2) is 6.25. The number of nitrogens with two attached hydrogens (primary N) is 1. The largest absolute Gasteiger partial charge is 0.427 e. The van der Waals surface area contributed by atoms with Gasteiger partial charge in [-0.1, -0.05) is 23.7 Å². The van der Waals surface area contributed by atoms with Crippen LogP contribution in [0.5, 0.6) is 5.75 Å². The van der Waals surface area contributed by atoms with E-state index < -0.39 is 0 Å². The summed E-state index contributed by atoms with van der Waals surface area (Å²) < 4.78 is 5.19. The number of nitrogen functional groups attached to an aromatic ring is 1. The summed E-state index contributed by atoms with van der Waals surface area (Å²) in [6.45, 7) is 0. The Bertz CT molecular complexity index is 549. The minimum atomic E-state index is -0.265. The van der Waals surface area contributed by atoms with Crippen LogP contribution in [0.25, 0.3) is 0 Å². The minimum Gasteiger partial charge on any atom is -0.427 e. The predicted molar refractivity (Wildman–Crippen MR) is 76.3 cm³/mol. The van der Waals surface area contributed by atoms with E-state index in [1.54, 1.807) is 24.3 Å². The molecular weight excluding hydrogens is 262 g/mol. The molecule has 0 radical (unpaired) electrons. The smallest absolute Gasteiger partial charge is 0.311 e. The number of ether oxygens (including phenoxy) is 1. The molecule has 3 nitrogen and oxygen atoms in total. The molecule has 0 fully saturated rings. The highest BCUT2D eigenvalue weighted by atomic mass is 35.5. The van der Waals surface area contributed by atoms with Gasteiger partial charge < -0.3 is 10.5 Å². The average Bonchev–Trinajstić information content (AvgIpc) is 2.41. The molecule has 2 rings (SSSR count). The molecule has 0 aliphatic heterocycles. The summed E-state index contributed by atoms with van der Waals surface area (Å²) in [5.74, 6) is 0.242. The number of hydrogen-bond donors (Lipinski definition) is 1. The zero-order valence-electron chi connectivity index (χ0n) is 10.3. The van der Waals surface area contributed by atoms with Gasteiger partial charge in [0.15, 0.2) is 0 Å². The van der Waals surface area contributed by atoms with Crippen LogP contribution in [0.4, 0.5) is 5.69 Å². The normalized spacial score (nSPS) is 10.2. The molecule has 0 heterocycles. The quantitative estimate of drug-likeness (QED) is 0.528. The van der Waals surface area contributed by atoms with Crippen molar-refractivity contribution in [1.29, 1.82) is 0 Å². The zero-order valence-corrected chi connectivity index (χ0v) is 11.1. The van der Waals surface area contributed by atoms with E-state index in [1.807, 2.05) is 24.3 Å². The van der Waals surface area contributed by atoms with Crippen molar-refractivity contribution in [2.45, 2.75) is 12.8 Å². The van der Waals surface area contributed by atoms with Crippen molar-refractivity contribution in [3.8, 4) is 5.75 Å². The molecule has 0 amide bonds. The van der Waals surface area contributed by atoms with Gasteiger partial charge in [0.1, 0.15) is 5.75 Å². The molecule has 0 bridgehead atoms. The third-order valence-electron chi connectivity index (χ3n) is 2.64. The Hall–Kier alpha value is -2.00. The first-order chi connectivity index (χ1) is 9.13. The minimum absolute atomic E-state index is 0.265. The van der Waals surface area contributed by atoms with Gasteiger partial charge in [-0.05, 0) is 48.4 Å². The van der Waals surface area contributed by atoms with Crippen molar-refractivity contribution >= 4 is 23.3 Å². The maximum absolute atomic E-state index is 11.7. The summed E-state index contributed by atoms with van der Waals surface area (Å²) in [5, 5.41) is 0.613. The van der Waals surface area contributed by atoms with Crippen molar-refractivity contribution in [2.75, 3.05) is 5.73 Å². The van der Waals surface area contributed by atoms with Crippen molar-refractivity contribution < 1.29 is 9.53 Å². The molecule has 0 saturated carbocycles. The summed E-state index contributed by atoms with van der Waals surface area (Å²) in [6.07, 6.45) is 0.958. The predicted octanol–water partition coefficient (Wildman–Crippen LogP) is 3.46. The number of anilines is 1. The van der Waals surface area contributed by atoms with Gasteiger partial charge in [0.25, 0.3) is 0 Å². The first-order valence-corrected chi connectivity index (χ1v) is 6.32. The average molecular weight is 276 g/mol. The third kappa shape index (κ3) is 4.30. The first-order valence-electron chi connectivity index (χ1n) is 5.94. The number of halogens is 1. The number of benzene rings is 2. The molecule has 0 aromatic heterocycles. The van der Waals surface area contributed by atoms with Gasteiger partial charge in [-0.25, -0.2) is 0 Å². The van der Waals surface area contributed by atoms with E-state index in [2.05, 4.69) is 0 Å². The number of esters is 1. The van der Waals surface area contributed by atoms with E-state index >= 15 is 0 Å². The fraction of sp³-hybridized carbons (Fsp3) is 0.133. The molecule has 0 unspecified atom stereocenters. The Morgan fingerprint density at radius 3 is 2.32 bits per heavy atom. The Kier molecular flexibility index (Phi) is 4.42. The van der Waals surface area contributed by atoms with E-state index in [0.717, 1.165) is 5.56 Å². The molecule has 0 aliphatic carbocycles. The molecule has 19 heavy (non-hydrogen) atoms. The second-order valence-corrected chi connectivity index (χ2v) is 4.61. The lowest BCUT2D eigenvalue weighted by atomic mass is 10.1. The fourth-order valence-corrected chi connectivity index (χ4v) is 1.74. The number of aryl methyl sites for hydroxylation is 1. The molecule has 0 saturated heterocycles. The molecule has 0 aliphatic rings. The SMILES string of the molecule is Nc1ccc(CCC(=O)Oc2ccc(Cl)cc2)cc1. The van der Waals surface area contributed by atoms with E-state index in [9.17, 15) is 4.79 Å². The Labute approximate surface area is 117 Å². The third-order valence-corrected chi connectivity index (χ3v) is 2.89. The van der Waals surface area contributed by atoms with Crippen molar-refractivity contribution in [3.63, 3.8) is 0 Å². The van der Waals surface area contributed by atoms with Gasteiger partial charge in [-0.15, -0.1) is 0 Å². The van der Waals surface area contributed by atoms with Crippen LogP contribution in [-0.4, -0.2) is 5.97 Å². The van der Waals surface area contributed by atoms with E-state index in [-0.39, 0.29) is 5.97 Å². The lowest BCUT2D eigenvalue weighted by Crippen LogP contribution is -2.08.